The van der Waals surface area contributed by atoms with Crippen LogP contribution >= 0.6 is 28.3 Å². The van der Waals surface area contributed by atoms with Crippen molar-refractivity contribution in [3.05, 3.63) is 53.0 Å². The smallest absolute Gasteiger partial charge is 0.282 e. The Balaban J connectivity index is 0.00000162. The molecule has 3 nitrogen and oxygen atoms in total. The van der Waals surface area contributed by atoms with Gasteiger partial charge < -0.3 is 0 Å². The third-order valence-corrected chi connectivity index (χ3v) is 3.73. The van der Waals surface area contributed by atoms with Crippen molar-refractivity contribution >= 4 is 38.5 Å². The van der Waals surface area contributed by atoms with Crippen LogP contribution < -0.4 is 0 Å². The van der Waals surface area contributed by atoms with Gasteiger partial charge >= 0.3 is 0 Å². The summed E-state index contributed by atoms with van der Waals surface area (Å²) in [6.07, 6.45) is 0. The zero-order valence-corrected chi connectivity index (χ0v) is 12.3. The summed E-state index contributed by atoms with van der Waals surface area (Å²) in [5.41, 5.74) is 1.87. The Morgan fingerprint density at radius 1 is 0.833 bits per heavy atom. The van der Waals surface area contributed by atoms with Crippen molar-refractivity contribution in [2.45, 2.75) is 4.90 Å². The molecule has 0 radical (unpaired) electrons. The molecule has 18 heavy (non-hydrogen) atoms. The zero-order chi connectivity index (χ0) is 12.5. The van der Waals surface area contributed by atoms with E-state index in [1.807, 2.05) is 24.3 Å². The molecule has 0 atom stereocenters. The summed E-state index contributed by atoms with van der Waals surface area (Å²) in [7, 11) is -4.12. The van der Waals surface area contributed by atoms with Crippen molar-refractivity contribution in [3.63, 3.8) is 0 Å². The van der Waals surface area contributed by atoms with Crippen molar-refractivity contribution in [1.82, 2.24) is 0 Å². The molecular weight excluding hydrogens is 340 g/mol. The second-order valence-electron chi connectivity index (χ2n) is 3.51. The van der Waals surface area contributed by atoms with E-state index in [0.717, 1.165) is 15.6 Å². The molecule has 0 heterocycles. The number of hydrogen-bond donors (Lipinski definition) is 1. The number of hydrogen-bond acceptors (Lipinski definition) is 2. The fraction of sp³-hybridized carbons (Fsp3) is 0. The van der Waals surface area contributed by atoms with Gasteiger partial charge in [-0.05, 0) is 35.4 Å². The highest BCUT2D eigenvalue weighted by Crippen LogP contribution is 2.23. The molecule has 2 rings (SSSR count). The predicted octanol–water partition coefficient (Wildman–Crippen LogP) is 3.78. The molecule has 0 aliphatic heterocycles. The number of rotatable bonds is 2. The van der Waals surface area contributed by atoms with Crippen LogP contribution in [-0.2, 0) is 10.1 Å². The van der Waals surface area contributed by atoms with E-state index in [4.69, 9.17) is 4.55 Å². The lowest BCUT2D eigenvalue weighted by atomic mass is 10.1. The van der Waals surface area contributed by atoms with Gasteiger partial charge in [0.2, 0.25) is 0 Å². The van der Waals surface area contributed by atoms with E-state index < -0.39 is 10.1 Å². The third kappa shape index (κ3) is 3.55. The van der Waals surface area contributed by atoms with E-state index in [9.17, 15) is 8.42 Å². The van der Waals surface area contributed by atoms with E-state index in [2.05, 4.69) is 15.9 Å². The van der Waals surface area contributed by atoms with Gasteiger partial charge in [-0.15, -0.1) is 12.4 Å². The van der Waals surface area contributed by atoms with Gasteiger partial charge in [0.25, 0.3) is 10.1 Å². The van der Waals surface area contributed by atoms with Gasteiger partial charge in [0.1, 0.15) is 0 Å². The molecule has 96 valence electrons. The Morgan fingerprint density at radius 3 is 1.61 bits per heavy atom. The molecule has 2 aromatic carbocycles. The Bertz CT molecular complexity index is 621. The summed E-state index contributed by atoms with van der Waals surface area (Å²) in [6.45, 7) is 0. The second kappa shape index (κ2) is 5.84. The standard InChI is InChI=1S/C12H9BrO3S.ClH/c13-11-5-1-9(2-6-11)10-3-7-12(8-4-10)17(14,15)16;/h1-8H,(H,14,15,16);1H. The van der Waals surface area contributed by atoms with Crippen LogP contribution in [0, 0.1) is 0 Å². The average Bonchev–Trinajstić information content (AvgIpc) is 2.29. The van der Waals surface area contributed by atoms with Gasteiger partial charge in [0, 0.05) is 4.47 Å². The number of benzene rings is 2. The van der Waals surface area contributed by atoms with E-state index in [0.29, 0.717) is 0 Å². The molecule has 0 amide bonds. The SMILES string of the molecule is Cl.O=S(=O)(O)c1ccc(-c2ccc(Br)cc2)cc1. The average molecular weight is 350 g/mol. The maximum Gasteiger partial charge on any atom is 0.294 e. The first-order valence-corrected chi connectivity index (χ1v) is 7.03. The van der Waals surface area contributed by atoms with Crippen LogP contribution in [0.2, 0.25) is 0 Å². The van der Waals surface area contributed by atoms with Crippen molar-refractivity contribution in [2.75, 3.05) is 0 Å². The van der Waals surface area contributed by atoms with Crippen LogP contribution in [0.25, 0.3) is 11.1 Å². The highest BCUT2D eigenvalue weighted by atomic mass is 79.9. The molecule has 0 fully saturated rings. The quantitative estimate of drug-likeness (QED) is 0.839. The normalized spacial score (nSPS) is 10.8. The minimum atomic E-state index is -4.12. The first-order chi connectivity index (χ1) is 7.97. The van der Waals surface area contributed by atoms with Gasteiger partial charge in [-0.3, -0.25) is 4.55 Å². The van der Waals surface area contributed by atoms with Gasteiger partial charge in [-0.2, -0.15) is 8.42 Å². The molecule has 0 saturated heterocycles. The largest absolute Gasteiger partial charge is 0.294 e. The van der Waals surface area contributed by atoms with E-state index in [-0.39, 0.29) is 17.3 Å². The Labute approximate surface area is 120 Å². The summed E-state index contributed by atoms with van der Waals surface area (Å²) < 4.78 is 31.6. The van der Waals surface area contributed by atoms with Crippen LogP contribution in [-0.4, -0.2) is 13.0 Å². The summed E-state index contributed by atoms with van der Waals surface area (Å²) in [5, 5.41) is 0. The van der Waals surface area contributed by atoms with Crippen molar-refractivity contribution in [1.29, 1.82) is 0 Å². The van der Waals surface area contributed by atoms with Crippen molar-refractivity contribution < 1.29 is 13.0 Å². The van der Waals surface area contributed by atoms with Gasteiger partial charge in [-0.1, -0.05) is 40.2 Å². The molecule has 0 saturated carbocycles. The highest BCUT2D eigenvalue weighted by Gasteiger charge is 2.08. The van der Waals surface area contributed by atoms with Gasteiger partial charge in [0.15, 0.2) is 0 Å². The fourth-order valence-electron chi connectivity index (χ4n) is 1.46. The minimum absolute atomic E-state index is 0. The molecule has 1 N–H and O–H groups in total. The minimum Gasteiger partial charge on any atom is -0.282 e. The molecule has 0 aliphatic rings. The fourth-order valence-corrected chi connectivity index (χ4v) is 2.21. The molecule has 0 unspecified atom stereocenters. The van der Waals surface area contributed by atoms with Gasteiger partial charge in [-0.25, -0.2) is 0 Å². The summed E-state index contributed by atoms with van der Waals surface area (Å²) in [6, 6.07) is 13.7. The zero-order valence-electron chi connectivity index (χ0n) is 9.08. The first-order valence-electron chi connectivity index (χ1n) is 4.80. The topological polar surface area (TPSA) is 54.4 Å². The second-order valence-corrected chi connectivity index (χ2v) is 5.84. The third-order valence-electron chi connectivity index (χ3n) is 2.33. The molecular formula is C12H10BrClO3S. The molecule has 0 spiro atoms. The first kappa shape index (κ1) is 15.2. The Hall–Kier alpha value is -0.880. The predicted molar refractivity (Wildman–Crippen MR) is 76.6 cm³/mol. The van der Waals surface area contributed by atoms with E-state index in [1.54, 1.807) is 12.1 Å². The molecule has 0 bridgehead atoms. The van der Waals surface area contributed by atoms with Crippen LogP contribution in [0.3, 0.4) is 0 Å². The molecule has 2 aromatic rings. The van der Waals surface area contributed by atoms with Gasteiger partial charge in [0.05, 0.1) is 4.90 Å². The maximum atomic E-state index is 10.9. The van der Waals surface area contributed by atoms with Crippen molar-refractivity contribution in [2.24, 2.45) is 0 Å². The molecule has 6 heteroatoms. The summed E-state index contributed by atoms with van der Waals surface area (Å²) >= 11 is 3.34. The van der Waals surface area contributed by atoms with Crippen LogP contribution in [0.4, 0.5) is 0 Å². The molecule has 0 aliphatic carbocycles. The maximum absolute atomic E-state index is 10.9. The summed E-state index contributed by atoms with van der Waals surface area (Å²) in [5.74, 6) is 0. The lowest BCUT2D eigenvalue weighted by molar-refractivity contribution is 0.483. The van der Waals surface area contributed by atoms with E-state index >= 15 is 0 Å². The molecule has 0 aromatic heterocycles. The highest BCUT2D eigenvalue weighted by molar-refractivity contribution is 9.10. The summed E-state index contributed by atoms with van der Waals surface area (Å²) in [4.78, 5) is -0.0987. The monoisotopic (exact) mass is 348 g/mol. The van der Waals surface area contributed by atoms with Crippen molar-refractivity contribution in [3.8, 4) is 11.1 Å². The van der Waals surface area contributed by atoms with Crippen LogP contribution in [0.15, 0.2) is 57.9 Å². The van der Waals surface area contributed by atoms with E-state index in [1.165, 1.54) is 12.1 Å². The lowest BCUT2D eigenvalue weighted by Gasteiger charge is -2.03. The van der Waals surface area contributed by atoms with Crippen LogP contribution in [0.5, 0.6) is 0 Å². The number of halogens is 2. The Kier molecular flexibility index (Phi) is 4.92. The lowest BCUT2D eigenvalue weighted by Crippen LogP contribution is -1.97. The Morgan fingerprint density at radius 2 is 1.22 bits per heavy atom. The van der Waals surface area contributed by atoms with Crippen LogP contribution in [0.1, 0.15) is 0 Å².